The minimum Gasteiger partial charge on any atom is -0.444 e. The Hall–Kier alpha value is -1.82. The molecule has 1 aliphatic heterocycles. The monoisotopic (exact) mass is 379 g/mol. The first-order chi connectivity index (χ1) is 15.0. The van der Waals surface area contributed by atoms with Gasteiger partial charge in [0.05, 0.1) is 0 Å². The summed E-state index contributed by atoms with van der Waals surface area (Å²) in [7, 11) is 0. The predicted octanol–water partition coefficient (Wildman–Crippen LogP) is 3.86. The van der Waals surface area contributed by atoms with Crippen LogP contribution >= 0.6 is 11.6 Å². The van der Waals surface area contributed by atoms with E-state index in [0.29, 0.717) is 0 Å². The number of hydrogen-bond acceptors (Lipinski definition) is 3. The molecule has 0 radical (unpaired) electrons. The fourth-order valence-corrected chi connectivity index (χ4v) is 1.97. The average Bonchev–Trinajstić information content (AvgIpc) is 2.61. The van der Waals surface area contributed by atoms with Crippen molar-refractivity contribution in [3.8, 4) is 0 Å². The Bertz CT molecular complexity index is 953. The zero-order chi connectivity index (χ0) is 26.7. The van der Waals surface area contributed by atoms with Crippen molar-refractivity contribution < 1.29 is 31.1 Å². The quantitative estimate of drug-likeness (QED) is 0.867. The lowest BCUT2D eigenvalue weighted by atomic mass is 9.97. The minimum absolute atomic E-state index is 0.144. The van der Waals surface area contributed by atoms with Crippen LogP contribution in [-0.2, 0) is 4.74 Å². The van der Waals surface area contributed by atoms with Crippen molar-refractivity contribution in [2.45, 2.75) is 39.1 Å². The van der Waals surface area contributed by atoms with Gasteiger partial charge in [-0.3, -0.25) is 4.79 Å². The third-order valence-corrected chi connectivity index (χ3v) is 2.98. The summed E-state index contributed by atoms with van der Waals surface area (Å²) in [4.78, 5) is 24.8. The van der Waals surface area contributed by atoms with Crippen LogP contribution in [0.3, 0.4) is 0 Å². The standard InChI is InChI=1S/C18H24ClFN2O3/c1-18(2,3)25-17(24)22-6-4-12(5-7-22)11-21-16(23)13-8-14(19)10-15(20)9-13/h8-10,12H,4-7,11H2,1-3H3,(H,21,23)/i4D2,5D2,6D2,7D2,12D. The molecule has 2 amide bonds. The molecule has 1 fully saturated rings. The second kappa shape index (κ2) is 8.04. The van der Waals surface area contributed by atoms with Gasteiger partial charge in [0.1, 0.15) is 11.4 Å². The van der Waals surface area contributed by atoms with Crippen molar-refractivity contribution in [3.63, 3.8) is 0 Å². The minimum atomic E-state index is -3.60. The molecule has 1 saturated heterocycles. The van der Waals surface area contributed by atoms with E-state index in [1.165, 1.54) is 20.8 Å². The molecule has 7 heteroatoms. The maximum atomic E-state index is 13.6. The number of benzene rings is 1. The number of nitrogens with one attached hydrogen (secondary N) is 1. The lowest BCUT2D eigenvalue weighted by Gasteiger charge is -2.33. The largest absolute Gasteiger partial charge is 0.444 e. The smallest absolute Gasteiger partial charge is 0.410 e. The molecular weight excluding hydrogens is 347 g/mol. The normalized spacial score (nSPS) is 30.4. The van der Waals surface area contributed by atoms with Gasteiger partial charge < -0.3 is 15.0 Å². The van der Waals surface area contributed by atoms with Crippen molar-refractivity contribution in [2.75, 3.05) is 19.5 Å². The Morgan fingerprint density at radius 2 is 2.04 bits per heavy atom. The van der Waals surface area contributed by atoms with Crippen molar-refractivity contribution in [3.05, 3.63) is 34.6 Å². The summed E-state index contributed by atoms with van der Waals surface area (Å²) in [6.07, 6.45) is -8.84. The highest BCUT2D eigenvalue weighted by Gasteiger charge is 2.27. The van der Waals surface area contributed by atoms with Crippen LogP contribution in [0.1, 0.15) is 56.2 Å². The Morgan fingerprint density at radius 1 is 1.40 bits per heavy atom. The number of carbonyl (C=O) groups excluding carboxylic acids is 2. The van der Waals surface area contributed by atoms with E-state index in [-0.39, 0.29) is 15.5 Å². The summed E-state index contributed by atoms with van der Waals surface area (Å²) in [5, 5.41) is 1.89. The second-order valence-electron chi connectivity index (χ2n) is 6.11. The summed E-state index contributed by atoms with van der Waals surface area (Å²) in [5.74, 6) is -5.27. The molecule has 0 aromatic heterocycles. The summed E-state index contributed by atoms with van der Waals surface area (Å²) in [6, 6.07) is 2.76. The maximum Gasteiger partial charge on any atom is 0.410 e. The Kier molecular flexibility index (Phi) is 3.33. The molecule has 0 bridgehead atoms. The summed E-state index contributed by atoms with van der Waals surface area (Å²) >= 11 is 5.70. The summed E-state index contributed by atoms with van der Waals surface area (Å²) in [6.45, 7) is -4.25. The first-order valence-electron chi connectivity index (χ1n) is 11.8. The SMILES string of the molecule is [2H]C1([2H])N(C(=O)OC(C)(C)C)C([2H])([2H])C([2H])([2H])C([2H])(CNC(=O)c2cc(F)cc(Cl)c2)C1([2H])[2H]. The Labute approximate surface area is 165 Å². The van der Waals surface area contributed by atoms with Crippen molar-refractivity contribution >= 4 is 23.6 Å². The van der Waals surface area contributed by atoms with Gasteiger partial charge in [0.2, 0.25) is 0 Å². The van der Waals surface area contributed by atoms with E-state index in [2.05, 4.69) is 0 Å². The van der Waals surface area contributed by atoms with Crippen LogP contribution in [0.25, 0.3) is 0 Å². The molecular formula is C18H24ClFN2O3. The molecule has 1 heterocycles. The molecule has 138 valence electrons. The molecule has 1 aromatic rings. The molecule has 25 heavy (non-hydrogen) atoms. The molecule has 0 saturated carbocycles. The van der Waals surface area contributed by atoms with Crippen molar-refractivity contribution in [1.82, 2.24) is 10.2 Å². The van der Waals surface area contributed by atoms with E-state index in [9.17, 15) is 14.0 Å². The maximum absolute atomic E-state index is 13.6. The lowest BCUT2D eigenvalue weighted by molar-refractivity contribution is 0.0183. The zero-order valence-electron chi connectivity index (χ0n) is 22.9. The van der Waals surface area contributed by atoms with Crippen molar-refractivity contribution in [1.29, 1.82) is 0 Å². The molecule has 0 spiro atoms. The predicted molar refractivity (Wildman–Crippen MR) is 94.3 cm³/mol. The fourth-order valence-electron chi connectivity index (χ4n) is 1.75. The van der Waals surface area contributed by atoms with E-state index in [1.54, 1.807) is 0 Å². The molecule has 1 N–H and O–H groups in total. The lowest BCUT2D eigenvalue weighted by Crippen LogP contribution is -2.43. The first-order valence-corrected chi connectivity index (χ1v) is 7.68. The highest BCUT2D eigenvalue weighted by molar-refractivity contribution is 6.31. The van der Waals surface area contributed by atoms with Gasteiger partial charge in [0, 0.05) is 42.5 Å². The number of nitrogens with zero attached hydrogens (tertiary/aromatic N) is 1. The average molecular weight is 380 g/mol. The number of likely N-dealkylation sites (tertiary alicyclic amines) is 1. The highest BCUT2D eigenvalue weighted by atomic mass is 35.5. The van der Waals surface area contributed by atoms with Crippen molar-refractivity contribution in [2.24, 2.45) is 5.89 Å². The molecule has 0 atom stereocenters. The number of carbonyl (C=O) groups is 2. The van der Waals surface area contributed by atoms with Crippen LogP contribution in [0.5, 0.6) is 0 Å². The van der Waals surface area contributed by atoms with Crippen LogP contribution < -0.4 is 5.32 Å². The number of amides is 2. The summed E-state index contributed by atoms with van der Waals surface area (Å²) in [5.41, 5.74) is -1.59. The molecule has 5 nitrogen and oxygen atoms in total. The number of hydrogen-bond donors (Lipinski definition) is 1. The van der Waals surface area contributed by atoms with Crippen LogP contribution in [0.15, 0.2) is 18.2 Å². The van der Waals surface area contributed by atoms with Crippen LogP contribution in [0.2, 0.25) is 5.02 Å². The highest BCUT2D eigenvalue weighted by Crippen LogP contribution is 2.20. The van der Waals surface area contributed by atoms with Gasteiger partial charge in [-0.05, 0) is 57.6 Å². The Morgan fingerprint density at radius 3 is 2.60 bits per heavy atom. The molecule has 1 aromatic carbocycles. The molecule has 1 aliphatic rings. The topological polar surface area (TPSA) is 58.6 Å². The van der Waals surface area contributed by atoms with Crippen LogP contribution in [-0.4, -0.2) is 42.0 Å². The number of halogens is 2. The van der Waals surface area contributed by atoms with Gasteiger partial charge in [-0.15, -0.1) is 0 Å². The molecule has 2 rings (SSSR count). The van der Waals surface area contributed by atoms with Gasteiger partial charge in [-0.25, -0.2) is 9.18 Å². The first kappa shape index (κ1) is 10.4. The Balaban J connectivity index is 2.53. The van der Waals surface area contributed by atoms with Gasteiger partial charge in [0.25, 0.3) is 5.91 Å². The van der Waals surface area contributed by atoms with Crippen LogP contribution in [0, 0.1) is 11.7 Å². The van der Waals surface area contributed by atoms with E-state index in [4.69, 9.17) is 28.7 Å². The summed E-state index contributed by atoms with van der Waals surface area (Å²) < 4.78 is 93.2. The number of piperidine rings is 1. The van der Waals surface area contributed by atoms with E-state index in [1.807, 2.05) is 5.32 Å². The van der Waals surface area contributed by atoms with Gasteiger partial charge in [-0.2, -0.15) is 0 Å². The van der Waals surface area contributed by atoms with Crippen LogP contribution in [0.4, 0.5) is 9.18 Å². The fraction of sp³-hybridized carbons (Fsp3) is 0.556. The van der Waals surface area contributed by atoms with E-state index < -0.39 is 61.6 Å². The van der Waals surface area contributed by atoms with Gasteiger partial charge >= 0.3 is 6.09 Å². The molecule has 0 unspecified atom stereocenters. The van der Waals surface area contributed by atoms with Gasteiger partial charge in [0.15, 0.2) is 0 Å². The molecule has 0 aliphatic carbocycles. The van der Waals surface area contributed by atoms with Gasteiger partial charge in [-0.1, -0.05) is 11.6 Å². The number of ether oxygens (including phenoxy) is 1. The van der Waals surface area contributed by atoms with E-state index >= 15 is 0 Å². The number of rotatable bonds is 3. The third-order valence-electron chi connectivity index (χ3n) is 2.76. The third kappa shape index (κ3) is 6.20. The zero-order valence-corrected chi connectivity index (χ0v) is 14.6. The second-order valence-corrected chi connectivity index (χ2v) is 6.55. The van der Waals surface area contributed by atoms with E-state index in [0.717, 1.165) is 18.2 Å².